The highest BCUT2D eigenvalue weighted by atomic mass is 15.3. The summed E-state index contributed by atoms with van der Waals surface area (Å²) in [7, 11) is 1.74. The number of nitrogens with one attached hydrogen (secondary N) is 3. The molecule has 0 spiro atoms. The molecule has 2 heterocycles. The van der Waals surface area contributed by atoms with E-state index >= 15 is 0 Å². The predicted molar refractivity (Wildman–Crippen MR) is 131 cm³/mol. The average molecular weight is 428 g/mol. The van der Waals surface area contributed by atoms with Crippen molar-refractivity contribution in [3.63, 3.8) is 0 Å². The number of nitrogens with zero attached hydrogens (tertiary/aromatic N) is 3. The first-order valence-corrected chi connectivity index (χ1v) is 11.3. The number of nitrogens with two attached hydrogens (primary N) is 1. The number of aromatic nitrogens is 3. The average Bonchev–Trinajstić information content (AvgIpc) is 3.18. The molecule has 1 aliphatic rings. The SMILES string of the molecule is CNN=C(N)c1ccc2c(c1)[nH]c1nc(Cc3ccccc3)nc(NC3CCCCC3)c12. The highest BCUT2D eigenvalue weighted by molar-refractivity contribution is 6.13. The molecule has 0 saturated heterocycles. The van der Waals surface area contributed by atoms with Gasteiger partial charge in [-0.1, -0.05) is 61.7 Å². The van der Waals surface area contributed by atoms with Crippen LogP contribution < -0.4 is 16.5 Å². The Kier molecular flexibility index (Phi) is 5.62. The largest absolute Gasteiger partial charge is 0.382 e. The monoisotopic (exact) mass is 427 g/mol. The fraction of sp³-hybridized carbons (Fsp3) is 0.320. The summed E-state index contributed by atoms with van der Waals surface area (Å²) in [6, 6.07) is 16.9. The van der Waals surface area contributed by atoms with E-state index in [9.17, 15) is 0 Å². The summed E-state index contributed by atoms with van der Waals surface area (Å²) >= 11 is 0. The van der Waals surface area contributed by atoms with Gasteiger partial charge in [-0.3, -0.25) is 0 Å². The number of amidine groups is 1. The lowest BCUT2D eigenvalue weighted by molar-refractivity contribution is 0.462. The second-order valence-corrected chi connectivity index (χ2v) is 8.46. The van der Waals surface area contributed by atoms with Crippen LogP contribution in [0.4, 0.5) is 5.82 Å². The Morgan fingerprint density at radius 2 is 1.91 bits per heavy atom. The van der Waals surface area contributed by atoms with E-state index in [-0.39, 0.29) is 0 Å². The maximum atomic E-state index is 6.09. The molecular weight excluding hydrogens is 398 g/mol. The maximum absolute atomic E-state index is 6.09. The van der Waals surface area contributed by atoms with Gasteiger partial charge in [-0.15, -0.1) is 0 Å². The number of anilines is 1. The molecule has 0 radical (unpaired) electrons. The minimum atomic E-state index is 0.449. The van der Waals surface area contributed by atoms with Gasteiger partial charge in [-0.2, -0.15) is 5.10 Å². The number of hydrogen-bond acceptors (Lipinski definition) is 5. The molecule has 164 valence electrons. The van der Waals surface area contributed by atoms with Crippen molar-refractivity contribution in [3.05, 3.63) is 65.5 Å². The first-order valence-electron chi connectivity index (χ1n) is 11.3. The molecule has 0 bridgehead atoms. The topological polar surface area (TPSA) is 104 Å². The molecule has 2 aromatic heterocycles. The minimum Gasteiger partial charge on any atom is -0.382 e. The zero-order chi connectivity index (χ0) is 21.9. The Morgan fingerprint density at radius 1 is 1.09 bits per heavy atom. The van der Waals surface area contributed by atoms with Crippen molar-refractivity contribution in [2.75, 3.05) is 12.4 Å². The van der Waals surface area contributed by atoms with E-state index in [1.54, 1.807) is 7.05 Å². The van der Waals surface area contributed by atoms with Gasteiger partial charge in [-0.25, -0.2) is 9.97 Å². The zero-order valence-corrected chi connectivity index (χ0v) is 18.4. The van der Waals surface area contributed by atoms with Crippen LogP contribution in [0.2, 0.25) is 0 Å². The third-order valence-electron chi connectivity index (χ3n) is 6.18. The summed E-state index contributed by atoms with van der Waals surface area (Å²) in [5, 5.41) is 9.99. The number of H-pyrrole nitrogens is 1. The molecule has 5 N–H and O–H groups in total. The summed E-state index contributed by atoms with van der Waals surface area (Å²) < 4.78 is 0. The fourth-order valence-electron chi connectivity index (χ4n) is 4.59. The van der Waals surface area contributed by atoms with E-state index in [4.69, 9.17) is 15.7 Å². The van der Waals surface area contributed by atoms with Crippen LogP contribution in [0.1, 0.15) is 49.1 Å². The van der Waals surface area contributed by atoms with Gasteiger partial charge in [-0.05, 0) is 24.5 Å². The zero-order valence-electron chi connectivity index (χ0n) is 18.4. The quantitative estimate of drug-likeness (QED) is 0.209. The van der Waals surface area contributed by atoms with Gasteiger partial charge in [0.05, 0.1) is 5.39 Å². The summed E-state index contributed by atoms with van der Waals surface area (Å²) in [6.45, 7) is 0. The van der Waals surface area contributed by atoms with Crippen LogP contribution in [0.5, 0.6) is 0 Å². The minimum absolute atomic E-state index is 0.449. The van der Waals surface area contributed by atoms with Crippen LogP contribution in [0.25, 0.3) is 21.9 Å². The van der Waals surface area contributed by atoms with Crippen LogP contribution in [0, 0.1) is 0 Å². The van der Waals surface area contributed by atoms with Crippen LogP contribution in [-0.4, -0.2) is 33.9 Å². The van der Waals surface area contributed by atoms with Crippen LogP contribution in [0.15, 0.2) is 53.6 Å². The smallest absolute Gasteiger partial charge is 0.150 e. The third kappa shape index (κ3) is 4.10. The van der Waals surface area contributed by atoms with Crippen molar-refractivity contribution in [2.45, 2.75) is 44.6 Å². The Bertz CT molecular complexity index is 1250. The Morgan fingerprint density at radius 3 is 2.69 bits per heavy atom. The van der Waals surface area contributed by atoms with Crippen molar-refractivity contribution in [1.82, 2.24) is 20.4 Å². The van der Waals surface area contributed by atoms with Gasteiger partial charge in [0.15, 0.2) is 5.84 Å². The van der Waals surface area contributed by atoms with E-state index in [2.05, 4.69) is 51.2 Å². The summed E-state index contributed by atoms with van der Waals surface area (Å²) in [4.78, 5) is 13.4. The molecule has 1 saturated carbocycles. The predicted octanol–water partition coefficient (Wildman–Crippen LogP) is 4.29. The first-order chi connectivity index (χ1) is 15.7. The molecule has 0 aliphatic heterocycles. The summed E-state index contributed by atoms with van der Waals surface area (Å²) in [5.74, 6) is 2.18. The van der Waals surface area contributed by atoms with E-state index in [0.717, 1.165) is 39.1 Å². The molecule has 7 heteroatoms. The van der Waals surface area contributed by atoms with Crippen LogP contribution >= 0.6 is 0 Å². The van der Waals surface area contributed by atoms with Crippen molar-refractivity contribution < 1.29 is 0 Å². The highest BCUT2D eigenvalue weighted by Gasteiger charge is 2.19. The summed E-state index contributed by atoms with van der Waals surface area (Å²) in [6.07, 6.45) is 6.92. The molecule has 0 unspecified atom stereocenters. The molecule has 1 fully saturated rings. The normalized spacial score (nSPS) is 15.3. The van der Waals surface area contributed by atoms with E-state index < -0.39 is 0 Å². The lowest BCUT2D eigenvalue weighted by atomic mass is 9.95. The molecule has 4 aromatic rings. The van der Waals surface area contributed by atoms with Gasteiger partial charge < -0.3 is 21.5 Å². The number of hydrazone groups is 1. The molecule has 7 nitrogen and oxygen atoms in total. The highest BCUT2D eigenvalue weighted by Crippen LogP contribution is 2.32. The van der Waals surface area contributed by atoms with E-state index in [1.807, 2.05) is 18.2 Å². The van der Waals surface area contributed by atoms with E-state index in [0.29, 0.717) is 18.3 Å². The molecule has 0 amide bonds. The van der Waals surface area contributed by atoms with Gasteiger partial charge in [0.25, 0.3) is 0 Å². The lowest BCUT2D eigenvalue weighted by Gasteiger charge is -2.24. The molecule has 0 atom stereocenters. The molecular formula is C25H29N7. The lowest BCUT2D eigenvalue weighted by Crippen LogP contribution is -2.23. The van der Waals surface area contributed by atoms with E-state index in [1.165, 1.54) is 37.7 Å². The summed E-state index contributed by atoms with van der Waals surface area (Å²) in [5.41, 5.74) is 12.7. The molecule has 5 rings (SSSR count). The Balaban J connectivity index is 1.61. The standard InChI is InChI=1S/C25H29N7/c1-27-32-23(26)17-12-13-19-20(15-17)29-25-22(19)24(28-18-10-6-3-7-11-18)30-21(31-25)14-16-8-4-2-5-9-16/h2,4-5,8-9,12-13,15,18,27H,3,6-7,10-11,14H2,1H3,(H2,26,32)(H2,28,29,30,31). The van der Waals surface area contributed by atoms with Gasteiger partial charge in [0.1, 0.15) is 17.3 Å². The number of benzene rings is 2. The first kappa shape index (κ1) is 20.3. The second kappa shape index (κ2) is 8.86. The molecule has 32 heavy (non-hydrogen) atoms. The molecule has 1 aliphatic carbocycles. The number of fused-ring (bicyclic) bond motifs is 3. The van der Waals surface area contributed by atoms with Gasteiger partial charge in [0, 0.05) is 36.0 Å². The van der Waals surface area contributed by atoms with Crippen molar-refractivity contribution in [3.8, 4) is 0 Å². The maximum Gasteiger partial charge on any atom is 0.150 e. The van der Waals surface area contributed by atoms with Crippen molar-refractivity contribution >= 4 is 33.6 Å². The number of hydrogen-bond donors (Lipinski definition) is 4. The van der Waals surface area contributed by atoms with Crippen molar-refractivity contribution in [2.24, 2.45) is 10.8 Å². The van der Waals surface area contributed by atoms with Crippen molar-refractivity contribution in [1.29, 1.82) is 0 Å². The molecule has 2 aromatic carbocycles. The van der Waals surface area contributed by atoms with Crippen LogP contribution in [0.3, 0.4) is 0 Å². The fourth-order valence-corrected chi connectivity index (χ4v) is 4.59. The third-order valence-corrected chi connectivity index (χ3v) is 6.18. The van der Waals surface area contributed by atoms with Gasteiger partial charge in [0.2, 0.25) is 0 Å². The second-order valence-electron chi connectivity index (χ2n) is 8.46. The number of rotatable bonds is 6. The number of aromatic amines is 1. The van der Waals surface area contributed by atoms with Gasteiger partial charge >= 0.3 is 0 Å². The van der Waals surface area contributed by atoms with Crippen LogP contribution in [-0.2, 0) is 6.42 Å². The Labute approximate surface area is 187 Å². The Hall–Kier alpha value is -3.61.